The van der Waals surface area contributed by atoms with Crippen molar-refractivity contribution in [3.8, 4) is 0 Å². The lowest BCUT2D eigenvalue weighted by Crippen LogP contribution is -2.27. The molecule has 0 spiro atoms. The van der Waals surface area contributed by atoms with Gasteiger partial charge in [0.15, 0.2) is 0 Å². The van der Waals surface area contributed by atoms with Gasteiger partial charge in [-0.25, -0.2) is 8.42 Å². The molecule has 0 saturated carbocycles. The first-order valence-corrected chi connectivity index (χ1v) is 8.16. The third kappa shape index (κ3) is 1.58. The molecule has 0 bridgehead atoms. The smallest absolute Gasteiger partial charge is 0.222 e. The number of fused-ring (bicyclic) bond motifs is 2. The van der Waals surface area contributed by atoms with Crippen LogP contribution in [0, 0.1) is 11.8 Å². The summed E-state index contributed by atoms with van der Waals surface area (Å²) in [6.07, 6.45) is 1.83. The van der Waals surface area contributed by atoms with E-state index in [0.717, 1.165) is 31.7 Å². The Bertz CT molecular complexity index is 654. The van der Waals surface area contributed by atoms with Gasteiger partial charge in [0.25, 0.3) is 0 Å². The van der Waals surface area contributed by atoms with Crippen LogP contribution in [0.2, 0.25) is 0 Å². The van der Waals surface area contributed by atoms with E-state index in [1.165, 1.54) is 0 Å². The van der Waals surface area contributed by atoms with Gasteiger partial charge in [-0.3, -0.25) is 0 Å². The Hall–Kier alpha value is -1.33. The van der Waals surface area contributed by atoms with Crippen molar-refractivity contribution in [2.75, 3.05) is 26.2 Å². The van der Waals surface area contributed by atoms with Crippen molar-refractivity contribution in [1.29, 1.82) is 0 Å². The van der Waals surface area contributed by atoms with E-state index in [0.29, 0.717) is 21.8 Å². The molecule has 1 N–H and O–H groups in total. The summed E-state index contributed by atoms with van der Waals surface area (Å²) < 4.78 is 25.1. The first-order valence-electron chi connectivity index (χ1n) is 6.68. The van der Waals surface area contributed by atoms with Crippen molar-refractivity contribution in [2.24, 2.45) is 11.8 Å². The Balaban J connectivity index is 1.71. The van der Waals surface area contributed by atoms with E-state index in [1.807, 2.05) is 18.2 Å². The molecule has 1 aromatic rings. The van der Waals surface area contributed by atoms with Crippen LogP contribution in [0.15, 0.2) is 34.2 Å². The van der Waals surface area contributed by atoms with Crippen molar-refractivity contribution < 1.29 is 8.42 Å². The minimum atomic E-state index is -3.29. The Labute approximate surface area is 113 Å². The van der Waals surface area contributed by atoms with Crippen LogP contribution in [0.1, 0.15) is 5.56 Å². The van der Waals surface area contributed by atoms with Gasteiger partial charge < -0.3 is 10.2 Å². The quantitative estimate of drug-likeness (QED) is 0.829. The van der Waals surface area contributed by atoms with Crippen LogP contribution in [-0.4, -0.2) is 39.5 Å². The fourth-order valence-corrected chi connectivity index (χ4v) is 5.16. The third-order valence-electron chi connectivity index (χ3n) is 4.46. The molecule has 0 radical (unpaired) electrons. The van der Waals surface area contributed by atoms with E-state index in [9.17, 15) is 8.42 Å². The number of hydrogen-bond acceptors (Lipinski definition) is 4. The predicted molar refractivity (Wildman–Crippen MR) is 73.0 cm³/mol. The van der Waals surface area contributed by atoms with Crippen LogP contribution in [0.5, 0.6) is 0 Å². The van der Waals surface area contributed by atoms with Crippen molar-refractivity contribution in [3.63, 3.8) is 0 Å². The van der Waals surface area contributed by atoms with E-state index in [4.69, 9.17) is 0 Å². The van der Waals surface area contributed by atoms with Gasteiger partial charge in [0.2, 0.25) is 9.84 Å². The second-order valence-corrected chi connectivity index (χ2v) is 7.47. The second-order valence-electron chi connectivity index (χ2n) is 5.61. The first kappa shape index (κ1) is 11.5. The summed E-state index contributed by atoms with van der Waals surface area (Å²) >= 11 is 0. The minimum absolute atomic E-state index is 0.459. The second kappa shape index (κ2) is 3.84. The highest BCUT2D eigenvalue weighted by Gasteiger charge is 2.41. The molecular formula is C14H16N2O2S. The molecule has 3 heterocycles. The molecule has 2 atom stereocenters. The Morgan fingerprint density at radius 1 is 1.11 bits per heavy atom. The normalized spacial score (nSPS) is 31.2. The zero-order valence-corrected chi connectivity index (χ0v) is 11.4. The molecule has 2 unspecified atom stereocenters. The molecule has 3 aliphatic rings. The maximum Gasteiger partial charge on any atom is 0.222 e. The fourth-order valence-electron chi connectivity index (χ4n) is 3.46. The van der Waals surface area contributed by atoms with Crippen LogP contribution >= 0.6 is 0 Å². The highest BCUT2D eigenvalue weighted by atomic mass is 32.2. The lowest BCUT2D eigenvalue weighted by atomic mass is 10.0. The van der Waals surface area contributed by atoms with Gasteiger partial charge in [-0.05, 0) is 29.5 Å². The van der Waals surface area contributed by atoms with Crippen LogP contribution in [0.3, 0.4) is 0 Å². The number of hydrogen-bond donors (Lipinski definition) is 1. The van der Waals surface area contributed by atoms with E-state index in [-0.39, 0.29) is 0 Å². The highest BCUT2D eigenvalue weighted by Crippen LogP contribution is 2.38. The van der Waals surface area contributed by atoms with Gasteiger partial charge in [-0.2, -0.15) is 0 Å². The molecule has 19 heavy (non-hydrogen) atoms. The summed E-state index contributed by atoms with van der Waals surface area (Å²) in [4.78, 5) is 2.52. The van der Waals surface area contributed by atoms with Crippen LogP contribution < -0.4 is 5.32 Å². The molecule has 1 aromatic carbocycles. The average Bonchev–Trinajstić information content (AvgIpc) is 3.01. The maximum absolute atomic E-state index is 12.6. The third-order valence-corrected chi connectivity index (χ3v) is 6.34. The van der Waals surface area contributed by atoms with Crippen LogP contribution in [0.4, 0.5) is 0 Å². The summed E-state index contributed by atoms with van der Waals surface area (Å²) in [6, 6.07) is 7.25. The summed E-state index contributed by atoms with van der Waals surface area (Å²) in [5.41, 5.74) is 0.827. The van der Waals surface area contributed by atoms with Crippen molar-refractivity contribution in [3.05, 3.63) is 34.9 Å². The molecule has 0 aliphatic carbocycles. The van der Waals surface area contributed by atoms with Gasteiger partial charge in [0.05, 0.1) is 4.90 Å². The van der Waals surface area contributed by atoms with Gasteiger partial charge in [-0.1, -0.05) is 18.2 Å². The minimum Gasteiger partial charge on any atom is -0.361 e. The molecule has 3 aliphatic heterocycles. The van der Waals surface area contributed by atoms with E-state index in [2.05, 4.69) is 10.2 Å². The topological polar surface area (TPSA) is 49.4 Å². The van der Waals surface area contributed by atoms with Gasteiger partial charge >= 0.3 is 0 Å². The molecule has 4 nitrogen and oxygen atoms in total. The standard InChI is InChI=1S/C14H16N2O2S/c17-19(18)13-4-2-1-3-10(13)5-14(19)16-8-11-6-15-7-12(11)9-16/h1-5,11-12,15H,6-9H2. The van der Waals surface area contributed by atoms with E-state index < -0.39 is 9.84 Å². The molecule has 2 fully saturated rings. The van der Waals surface area contributed by atoms with E-state index in [1.54, 1.807) is 12.1 Å². The lowest BCUT2D eigenvalue weighted by Gasteiger charge is -2.20. The average molecular weight is 276 g/mol. The van der Waals surface area contributed by atoms with Gasteiger partial charge in [0.1, 0.15) is 5.03 Å². The number of nitrogens with one attached hydrogen (secondary N) is 1. The zero-order valence-electron chi connectivity index (χ0n) is 10.5. The Kier molecular flexibility index (Phi) is 2.32. The molecule has 5 heteroatoms. The summed E-state index contributed by atoms with van der Waals surface area (Å²) in [5.74, 6) is 1.19. The SMILES string of the molecule is O=S1(=O)C(N2CC3CNCC3C2)=Cc2ccccc21. The first-order chi connectivity index (χ1) is 9.16. The summed E-state index contributed by atoms with van der Waals surface area (Å²) in [7, 11) is -3.29. The molecule has 100 valence electrons. The Morgan fingerprint density at radius 2 is 1.79 bits per heavy atom. The molecule has 0 aromatic heterocycles. The summed E-state index contributed by atoms with van der Waals surface area (Å²) in [6.45, 7) is 3.75. The lowest BCUT2D eigenvalue weighted by molar-refractivity contribution is 0.411. The Morgan fingerprint density at radius 3 is 2.47 bits per heavy atom. The number of likely N-dealkylation sites (tertiary alicyclic amines) is 1. The number of sulfone groups is 1. The van der Waals surface area contributed by atoms with Crippen LogP contribution in [0.25, 0.3) is 6.08 Å². The predicted octanol–water partition coefficient (Wildman–Crippen LogP) is 0.923. The van der Waals surface area contributed by atoms with Crippen molar-refractivity contribution in [2.45, 2.75) is 4.90 Å². The van der Waals surface area contributed by atoms with Crippen LogP contribution in [-0.2, 0) is 9.84 Å². The number of nitrogens with zero attached hydrogens (tertiary/aromatic N) is 1. The van der Waals surface area contributed by atoms with Crippen molar-refractivity contribution >= 4 is 15.9 Å². The van der Waals surface area contributed by atoms with Crippen molar-refractivity contribution in [1.82, 2.24) is 10.2 Å². The van der Waals surface area contributed by atoms with Gasteiger partial charge in [0, 0.05) is 26.2 Å². The van der Waals surface area contributed by atoms with Gasteiger partial charge in [-0.15, -0.1) is 0 Å². The molecule has 4 rings (SSSR count). The maximum atomic E-state index is 12.6. The number of rotatable bonds is 1. The number of benzene rings is 1. The monoisotopic (exact) mass is 276 g/mol. The van der Waals surface area contributed by atoms with E-state index >= 15 is 0 Å². The largest absolute Gasteiger partial charge is 0.361 e. The molecular weight excluding hydrogens is 260 g/mol. The highest BCUT2D eigenvalue weighted by molar-refractivity contribution is 7.95. The zero-order chi connectivity index (χ0) is 13.0. The summed E-state index contributed by atoms with van der Waals surface area (Å²) in [5, 5.41) is 3.88. The molecule has 0 amide bonds. The fraction of sp³-hybridized carbons (Fsp3) is 0.429. The molecule has 2 saturated heterocycles.